The number of rotatable bonds is 8. The highest BCUT2D eigenvalue weighted by Gasteiger charge is 2.12. The number of hydrogen-bond acceptors (Lipinski definition) is 3. The van der Waals surface area contributed by atoms with Gasteiger partial charge in [0.05, 0.1) is 12.6 Å². The maximum Gasteiger partial charge on any atom is 0.0804 e. The number of aliphatic hydroxyl groups is 1. The first-order valence-electron chi connectivity index (χ1n) is 8.35. The zero-order chi connectivity index (χ0) is 16.8. The van der Waals surface area contributed by atoms with Gasteiger partial charge < -0.3 is 15.0 Å². The van der Waals surface area contributed by atoms with E-state index in [-0.39, 0.29) is 6.04 Å². The first-order chi connectivity index (χ1) is 11.7. The van der Waals surface area contributed by atoms with Crippen molar-refractivity contribution in [3.8, 4) is 0 Å². The summed E-state index contributed by atoms with van der Waals surface area (Å²) in [5.74, 6) is 0. The van der Waals surface area contributed by atoms with E-state index in [0.29, 0.717) is 6.42 Å². The molecule has 0 saturated heterocycles. The lowest BCUT2D eigenvalue weighted by molar-refractivity contribution is 0.153. The van der Waals surface area contributed by atoms with Crippen LogP contribution in [-0.4, -0.2) is 15.7 Å². The molecule has 0 saturated carbocycles. The summed E-state index contributed by atoms with van der Waals surface area (Å²) in [5, 5.41) is 16.0. The van der Waals surface area contributed by atoms with Crippen LogP contribution in [-0.2, 0) is 13.1 Å². The van der Waals surface area contributed by atoms with Crippen molar-refractivity contribution in [1.29, 1.82) is 0 Å². The van der Waals surface area contributed by atoms with E-state index in [2.05, 4.69) is 52.7 Å². The Bertz CT molecular complexity index is 721. The van der Waals surface area contributed by atoms with Crippen molar-refractivity contribution in [2.45, 2.75) is 38.6 Å². The molecule has 0 aliphatic carbocycles. The van der Waals surface area contributed by atoms with E-state index in [0.717, 1.165) is 18.7 Å². The first kappa shape index (κ1) is 17.0. The molecule has 0 amide bonds. The Morgan fingerprint density at radius 2 is 1.92 bits per heavy atom. The Labute approximate surface area is 147 Å². The third-order valence-corrected chi connectivity index (χ3v) is 5.08. The molecule has 0 bridgehead atoms. The molecule has 3 aromatic rings. The van der Waals surface area contributed by atoms with Crippen molar-refractivity contribution in [1.82, 2.24) is 9.88 Å². The largest absolute Gasteiger partial charge is 0.388 e. The maximum absolute atomic E-state index is 10.3. The van der Waals surface area contributed by atoms with E-state index in [1.54, 1.807) is 11.3 Å². The topological polar surface area (TPSA) is 37.2 Å². The number of aliphatic hydroxyl groups excluding tert-OH is 1. The van der Waals surface area contributed by atoms with Gasteiger partial charge in [-0.1, -0.05) is 36.4 Å². The van der Waals surface area contributed by atoms with Gasteiger partial charge in [-0.3, -0.25) is 0 Å². The second kappa shape index (κ2) is 8.29. The zero-order valence-electron chi connectivity index (χ0n) is 13.9. The van der Waals surface area contributed by atoms with Gasteiger partial charge in [-0.25, -0.2) is 0 Å². The molecular formula is C20H24N2OS. The van der Waals surface area contributed by atoms with Gasteiger partial charge >= 0.3 is 0 Å². The summed E-state index contributed by atoms with van der Waals surface area (Å²) >= 11 is 1.79. The number of nitrogens with zero attached hydrogens (tertiary/aromatic N) is 1. The second-order valence-electron chi connectivity index (χ2n) is 6.15. The lowest BCUT2D eigenvalue weighted by Gasteiger charge is -2.19. The van der Waals surface area contributed by atoms with Crippen molar-refractivity contribution < 1.29 is 5.11 Å². The molecule has 4 heteroatoms. The van der Waals surface area contributed by atoms with E-state index in [9.17, 15) is 5.11 Å². The third kappa shape index (κ3) is 4.57. The Kier molecular flexibility index (Phi) is 5.86. The predicted octanol–water partition coefficient (Wildman–Crippen LogP) is 4.20. The van der Waals surface area contributed by atoms with Crippen LogP contribution in [0.2, 0.25) is 0 Å². The van der Waals surface area contributed by atoms with Crippen molar-refractivity contribution in [2.24, 2.45) is 0 Å². The SMILES string of the molecule is CC(CC(O)c1ccccc1)NCc1cccn1Cc1cccs1. The molecule has 24 heavy (non-hydrogen) atoms. The third-order valence-electron chi connectivity index (χ3n) is 4.22. The van der Waals surface area contributed by atoms with E-state index in [1.165, 1.54) is 10.6 Å². The minimum absolute atomic E-state index is 0.241. The number of nitrogens with one attached hydrogen (secondary N) is 1. The fourth-order valence-electron chi connectivity index (χ4n) is 2.84. The molecule has 2 N–H and O–H groups in total. The highest BCUT2D eigenvalue weighted by atomic mass is 32.1. The predicted molar refractivity (Wildman–Crippen MR) is 100 cm³/mol. The molecule has 1 aromatic carbocycles. The number of benzene rings is 1. The van der Waals surface area contributed by atoms with Crippen LogP contribution >= 0.6 is 11.3 Å². The highest BCUT2D eigenvalue weighted by Crippen LogP contribution is 2.18. The van der Waals surface area contributed by atoms with Gasteiger partial charge in [0.2, 0.25) is 0 Å². The molecule has 0 aliphatic rings. The quantitative estimate of drug-likeness (QED) is 0.645. The summed E-state index contributed by atoms with van der Waals surface area (Å²) < 4.78 is 2.28. The lowest BCUT2D eigenvalue weighted by atomic mass is 10.0. The average molecular weight is 340 g/mol. The molecule has 0 aliphatic heterocycles. The van der Waals surface area contributed by atoms with Crippen LogP contribution in [0.4, 0.5) is 0 Å². The summed E-state index contributed by atoms with van der Waals surface area (Å²) in [5.41, 5.74) is 2.25. The lowest BCUT2D eigenvalue weighted by Crippen LogP contribution is -2.28. The van der Waals surface area contributed by atoms with Crippen LogP contribution in [0, 0.1) is 0 Å². The van der Waals surface area contributed by atoms with Crippen LogP contribution in [0.3, 0.4) is 0 Å². The van der Waals surface area contributed by atoms with Gasteiger partial charge in [-0.2, -0.15) is 0 Å². The first-order valence-corrected chi connectivity index (χ1v) is 9.23. The monoisotopic (exact) mass is 340 g/mol. The Balaban J connectivity index is 1.51. The van der Waals surface area contributed by atoms with Gasteiger partial charge in [0.15, 0.2) is 0 Å². The van der Waals surface area contributed by atoms with Crippen molar-refractivity contribution in [3.05, 3.63) is 82.3 Å². The van der Waals surface area contributed by atoms with Crippen LogP contribution in [0.5, 0.6) is 0 Å². The Hall–Kier alpha value is -1.88. The van der Waals surface area contributed by atoms with Crippen molar-refractivity contribution in [2.75, 3.05) is 0 Å². The molecule has 0 radical (unpaired) electrons. The molecule has 2 heterocycles. The smallest absolute Gasteiger partial charge is 0.0804 e. The molecule has 2 atom stereocenters. The molecule has 0 fully saturated rings. The molecule has 3 rings (SSSR count). The number of aromatic nitrogens is 1. The van der Waals surface area contributed by atoms with Gasteiger partial charge in [-0.15, -0.1) is 11.3 Å². The standard InChI is InChI=1S/C20H24N2OS/c1-16(13-20(23)17-7-3-2-4-8-17)21-14-18-9-5-11-22(18)15-19-10-6-12-24-19/h2-12,16,20-21,23H,13-15H2,1H3. The fraction of sp³-hybridized carbons (Fsp3) is 0.300. The van der Waals surface area contributed by atoms with Crippen molar-refractivity contribution >= 4 is 11.3 Å². The summed E-state index contributed by atoms with van der Waals surface area (Å²) in [6.07, 6.45) is 2.40. The van der Waals surface area contributed by atoms with Crippen LogP contribution in [0.1, 0.15) is 35.6 Å². The van der Waals surface area contributed by atoms with Gasteiger partial charge in [0, 0.05) is 29.4 Å². The molecule has 2 aromatic heterocycles. The summed E-state index contributed by atoms with van der Waals surface area (Å²) in [6.45, 7) is 3.85. The summed E-state index contributed by atoms with van der Waals surface area (Å²) in [4.78, 5) is 1.36. The van der Waals surface area contributed by atoms with Crippen LogP contribution < -0.4 is 5.32 Å². The molecular weight excluding hydrogens is 316 g/mol. The van der Waals surface area contributed by atoms with E-state index < -0.39 is 6.10 Å². The number of thiophene rings is 1. The maximum atomic E-state index is 10.3. The molecule has 0 spiro atoms. The van der Waals surface area contributed by atoms with Crippen molar-refractivity contribution in [3.63, 3.8) is 0 Å². The van der Waals surface area contributed by atoms with Gasteiger partial charge in [-0.05, 0) is 42.5 Å². The fourth-order valence-corrected chi connectivity index (χ4v) is 3.55. The Morgan fingerprint density at radius 3 is 2.67 bits per heavy atom. The van der Waals surface area contributed by atoms with E-state index in [4.69, 9.17) is 0 Å². The molecule has 3 nitrogen and oxygen atoms in total. The van der Waals surface area contributed by atoms with E-state index in [1.807, 2.05) is 30.3 Å². The number of hydrogen-bond donors (Lipinski definition) is 2. The average Bonchev–Trinajstić information content (AvgIpc) is 3.26. The summed E-state index contributed by atoms with van der Waals surface area (Å²) in [7, 11) is 0. The Morgan fingerprint density at radius 1 is 1.08 bits per heavy atom. The van der Waals surface area contributed by atoms with Crippen LogP contribution in [0.15, 0.2) is 66.2 Å². The normalized spacial score (nSPS) is 13.8. The van der Waals surface area contributed by atoms with E-state index >= 15 is 0 Å². The van der Waals surface area contributed by atoms with Crippen LogP contribution in [0.25, 0.3) is 0 Å². The molecule has 2 unspecified atom stereocenters. The molecule has 126 valence electrons. The van der Waals surface area contributed by atoms with Gasteiger partial charge in [0.1, 0.15) is 0 Å². The second-order valence-corrected chi connectivity index (χ2v) is 7.18. The highest BCUT2D eigenvalue weighted by molar-refractivity contribution is 7.09. The minimum atomic E-state index is -0.424. The zero-order valence-corrected chi connectivity index (χ0v) is 14.7. The minimum Gasteiger partial charge on any atom is -0.388 e. The van der Waals surface area contributed by atoms with Gasteiger partial charge in [0.25, 0.3) is 0 Å². The summed E-state index contributed by atoms with van der Waals surface area (Å²) in [6, 6.07) is 18.6.